The van der Waals surface area contributed by atoms with E-state index in [1.54, 1.807) is 7.11 Å². The molecule has 1 aromatic carbocycles. The van der Waals surface area contributed by atoms with Crippen LogP contribution in [-0.4, -0.2) is 96.7 Å². The predicted molar refractivity (Wildman–Crippen MR) is 142 cm³/mol. The molecule has 2 aliphatic heterocycles. The first-order chi connectivity index (χ1) is 17.0. The quantitative estimate of drug-likeness (QED) is 0.474. The van der Waals surface area contributed by atoms with Crippen LogP contribution in [0.3, 0.4) is 0 Å². The lowest BCUT2D eigenvalue weighted by Crippen LogP contribution is -2.51. The number of hydrogen-bond donors (Lipinski definition) is 2. The van der Waals surface area contributed by atoms with Gasteiger partial charge in [-0.25, -0.2) is 9.97 Å². The number of amides is 1. The zero-order valence-corrected chi connectivity index (χ0v) is 21.8. The molecule has 0 unspecified atom stereocenters. The molecule has 1 amide bonds. The monoisotopic (exact) mass is 541 g/mol. The Morgan fingerprint density at radius 2 is 1.94 bits per heavy atom. The largest absolute Gasteiger partial charge is 0.383 e. The summed E-state index contributed by atoms with van der Waals surface area (Å²) < 4.78 is 6.03. The summed E-state index contributed by atoms with van der Waals surface area (Å²) in [5.74, 6) is 0.917. The van der Waals surface area contributed by atoms with Crippen LogP contribution in [0.5, 0.6) is 0 Å². The lowest BCUT2D eigenvalue weighted by Gasteiger charge is -2.35. The predicted octanol–water partition coefficient (Wildman–Crippen LogP) is 3.19. The van der Waals surface area contributed by atoms with Crippen LogP contribution in [0.2, 0.25) is 0 Å². The first-order valence-electron chi connectivity index (χ1n) is 12.1. The fourth-order valence-corrected chi connectivity index (χ4v) is 5.16. The van der Waals surface area contributed by atoms with E-state index in [2.05, 4.69) is 60.2 Å². The van der Waals surface area contributed by atoms with Crippen molar-refractivity contribution in [3.63, 3.8) is 0 Å². The van der Waals surface area contributed by atoms with Crippen molar-refractivity contribution in [2.24, 2.45) is 0 Å². The number of benzene rings is 1. The van der Waals surface area contributed by atoms with E-state index in [0.29, 0.717) is 32.3 Å². The highest BCUT2D eigenvalue weighted by molar-refractivity contribution is 9.10. The summed E-state index contributed by atoms with van der Waals surface area (Å²) in [5, 5.41) is 3.70. The summed E-state index contributed by atoms with van der Waals surface area (Å²) >= 11 is 3.67. The number of anilines is 2. The number of aromatic amines is 1. The van der Waals surface area contributed by atoms with Gasteiger partial charge in [-0.15, -0.1) is 0 Å². The highest BCUT2D eigenvalue weighted by Gasteiger charge is 2.24. The van der Waals surface area contributed by atoms with E-state index in [1.807, 2.05) is 23.2 Å². The van der Waals surface area contributed by atoms with E-state index in [1.165, 1.54) is 0 Å². The van der Waals surface area contributed by atoms with Gasteiger partial charge in [0.2, 0.25) is 5.91 Å². The van der Waals surface area contributed by atoms with Crippen molar-refractivity contribution in [3.05, 3.63) is 34.9 Å². The number of imidazole rings is 1. The van der Waals surface area contributed by atoms with Crippen LogP contribution in [0.4, 0.5) is 11.4 Å². The molecule has 0 saturated carbocycles. The molecule has 0 spiro atoms. The maximum atomic E-state index is 12.5. The number of aromatic nitrogens is 3. The second kappa shape index (κ2) is 10.5. The molecule has 0 bridgehead atoms. The number of pyridine rings is 1. The van der Waals surface area contributed by atoms with Gasteiger partial charge in [-0.1, -0.05) is 0 Å². The number of carbonyl (C=O) groups excluding carboxylic acids is 1. The van der Waals surface area contributed by atoms with E-state index in [0.717, 1.165) is 70.9 Å². The molecule has 5 rings (SSSR count). The number of ether oxygens (including phenoxy) is 1. The van der Waals surface area contributed by atoms with E-state index < -0.39 is 0 Å². The van der Waals surface area contributed by atoms with Crippen molar-refractivity contribution >= 4 is 44.4 Å². The van der Waals surface area contributed by atoms with Gasteiger partial charge in [0.05, 0.1) is 23.3 Å². The number of H-pyrrole nitrogens is 1. The van der Waals surface area contributed by atoms with Crippen molar-refractivity contribution in [1.29, 1.82) is 0 Å². The Morgan fingerprint density at radius 1 is 1.17 bits per heavy atom. The fraction of sp³-hybridized carbons (Fsp3) is 0.480. The highest BCUT2D eigenvalue weighted by atomic mass is 79.9. The number of piperazine rings is 1. The van der Waals surface area contributed by atoms with Crippen LogP contribution in [0, 0.1) is 0 Å². The molecular weight excluding hydrogens is 510 g/mol. The van der Waals surface area contributed by atoms with Gasteiger partial charge in [-0.2, -0.15) is 0 Å². The lowest BCUT2D eigenvalue weighted by atomic mass is 10.1. The summed E-state index contributed by atoms with van der Waals surface area (Å²) in [6.07, 6.45) is 4.04. The number of hydrogen-bond acceptors (Lipinski definition) is 7. The van der Waals surface area contributed by atoms with Gasteiger partial charge in [0.1, 0.15) is 11.3 Å². The minimum atomic E-state index is 0.135. The topological polar surface area (TPSA) is 89.6 Å². The summed E-state index contributed by atoms with van der Waals surface area (Å²) in [4.78, 5) is 31.7. The summed E-state index contributed by atoms with van der Waals surface area (Å²) in [6.45, 7) is 5.30. The Hall–Kier alpha value is -2.69. The first-order valence-corrected chi connectivity index (χ1v) is 12.9. The van der Waals surface area contributed by atoms with Crippen LogP contribution >= 0.6 is 15.9 Å². The number of fused-ring (bicyclic) bond motifs is 1. The molecule has 2 N–H and O–H groups in total. The van der Waals surface area contributed by atoms with Gasteiger partial charge >= 0.3 is 0 Å². The molecule has 2 saturated heterocycles. The molecule has 10 heteroatoms. The maximum absolute atomic E-state index is 12.5. The van der Waals surface area contributed by atoms with Gasteiger partial charge in [0.15, 0.2) is 5.65 Å². The van der Waals surface area contributed by atoms with Crippen LogP contribution in [0.1, 0.15) is 12.8 Å². The van der Waals surface area contributed by atoms with E-state index in [9.17, 15) is 4.79 Å². The number of rotatable bonds is 7. The number of nitrogens with one attached hydrogen (secondary N) is 2. The molecule has 0 atom stereocenters. The van der Waals surface area contributed by atoms with Crippen molar-refractivity contribution < 1.29 is 9.53 Å². The molecule has 2 fully saturated rings. The molecule has 4 heterocycles. The molecule has 186 valence electrons. The third-order valence-corrected chi connectivity index (χ3v) is 7.53. The van der Waals surface area contributed by atoms with Crippen LogP contribution < -0.4 is 10.2 Å². The standard InChI is InChI=1S/C25H32BrN7O2/c1-31-9-7-18(8-10-31)28-22-20(26)15-27-25-23(22)29-24(30-25)17-3-5-19(6-4-17)33-12-11-32(13-14-35-2)21(34)16-33/h3-6,15,18H,7-14,16H2,1-2H3,(H2,27,28,29,30). The van der Waals surface area contributed by atoms with Gasteiger partial charge in [0, 0.05) is 50.2 Å². The number of carbonyl (C=O) groups is 1. The number of piperidine rings is 1. The Labute approximate surface area is 214 Å². The van der Waals surface area contributed by atoms with Gasteiger partial charge in [-0.3, -0.25) is 4.79 Å². The van der Waals surface area contributed by atoms with E-state index in [4.69, 9.17) is 9.72 Å². The summed E-state index contributed by atoms with van der Waals surface area (Å²) in [5.41, 5.74) is 4.62. The van der Waals surface area contributed by atoms with E-state index >= 15 is 0 Å². The maximum Gasteiger partial charge on any atom is 0.242 e. The molecule has 35 heavy (non-hydrogen) atoms. The van der Waals surface area contributed by atoms with Crippen LogP contribution in [0.15, 0.2) is 34.9 Å². The summed E-state index contributed by atoms with van der Waals surface area (Å²) in [6, 6.07) is 8.63. The number of likely N-dealkylation sites (tertiary alicyclic amines) is 1. The zero-order valence-electron chi connectivity index (χ0n) is 20.3. The van der Waals surface area contributed by atoms with Crippen LogP contribution in [0.25, 0.3) is 22.6 Å². The Morgan fingerprint density at radius 3 is 2.66 bits per heavy atom. The number of methoxy groups -OCH3 is 1. The molecule has 0 aliphatic carbocycles. The zero-order chi connectivity index (χ0) is 24.4. The Kier molecular flexibility index (Phi) is 7.22. The van der Waals surface area contributed by atoms with Crippen molar-refractivity contribution in [3.8, 4) is 11.4 Å². The second-order valence-corrected chi connectivity index (χ2v) is 10.2. The summed E-state index contributed by atoms with van der Waals surface area (Å²) in [7, 11) is 3.83. The molecule has 3 aromatic rings. The third kappa shape index (κ3) is 5.29. The van der Waals surface area contributed by atoms with Crippen molar-refractivity contribution in [2.75, 3.05) is 70.2 Å². The van der Waals surface area contributed by atoms with Crippen LogP contribution in [-0.2, 0) is 9.53 Å². The third-order valence-electron chi connectivity index (χ3n) is 6.92. The Bertz CT molecular complexity index is 1170. The van der Waals surface area contributed by atoms with E-state index in [-0.39, 0.29) is 5.91 Å². The molecule has 2 aromatic heterocycles. The van der Waals surface area contributed by atoms with Crippen molar-refractivity contribution in [1.82, 2.24) is 24.8 Å². The number of halogens is 1. The minimum absolute atomic E-state index is 0.135. The molecule has 9 nitrogen and oxygen atoms in total. The lowest BCUT2D eigenvalue weighted by molar-refractivity contribution is -0.131. The molecular formula is C25H32BrN7O2. The van der Waals surface area contributed by atoms with Crippen molar-refractivity contribution in [2.45, 2.75) is 18.9 Å². The smallest absolute Gasteiger partial charge is 0.242 e. The fourth-order valence-electron chi connectivity index (χ4n) is 4.76. The molecule has 0 radical (unpaired) electrons. The SMILES string of the molecule is COCCN1CCN(c2ccc(-c3nc4c(NC5CCN(C)CC5)c(Br)cnc4[nH]3)cc2)CC1=O. The molecule has 2 aliphatic rings. The Balaban J connectivity index is 1.31. The average molecular weight is 542 g/mol. The second-order valence-electron chi connectivity index (χ2n) is 9.33. The average Bonchev–Trinajstić information content (AvgIpc) is 3.31. The van der Waals surface area contributed by atoms with Gasteiger partial charge < -0.3 is 29.7 Å². The minimum Gasteiger partial charge on any atom is -0.383 e. The first kappa shape index (κ1) is 24.0. The van der Waals surface area contributed by atoms with Gasteiger partial charge in [-0.05, 0) is 73.2 Å². The number of nitrogens with zero attached hydrogens (tertiary/aromatic N) is 5. The highest BCUT2D eigenvalue weighted by Crippen LogP contribution is 2.32. The normalized spacial score (nSPS) is 18.0. The van der Waals surface area contributed by atoms with Gasteiger partial charge in [0.25, 0.3) is 0 Å².